The van der Waals surface area contributed by atoms with Crippen molar-refractivity contribution in [3.63, 3.8) is 0 Å². The number of thiophene rings is 2. The van der Waals surface area contributed by atoms with Gasteiger partial charge in [-0.05, 0) is 78.6 Å². The summed E-state index contributed by atoms with van der Waals surface area (Å²) in [5, 5.41) is 8.45. The lowest BCUT2D eigenvalue weighted by Gasteiger charge is -2.25. The zero-order valence-corrected chi connectivity index (χ0v) is 16.9. The molecule has 5 heteroatoms. The fourth-order valence-corrected chi connectivity index (χ4v) is 4.26. The van der Waals surface area contributed by atoms with E-state index >= 15 is 0 Å². The Morgan fingerprint density at radius 3 is 2.36 bits per heavy atom. The van der Waals surface area contributed by atoms with E-state index in [1.165, 1.54) is 20.9 Å². The average Bonchev–Trinajstić information content (AvgIpc) is 3.28. The van der Waals surface area contributed by atoms with Gasteiger partial charge in [0.15, 0.2) is 5.11 Å². The van der Waals surface area contributed by atoms with Gasteiger partial charge in [-0.3, -0.25) is 0 Å². The van der Waals surface area contributed by atoms with Crippen molar-refractivity contribution in [3.05, 3.63) is 74.1 Å². The van der Waals surface area contributed by atoms with E-state index in [0.29, 0.717) is 0 Å². The van der Waals surface area contributed by atoms with Gasteiger partial charge in [-0.2, -0.15) is 0 Å². The van der Waals surface area contributed by atoms with Gasteiger partial charge < -0.3 is 10.2 Å². The minimum Gasteiger partial charge on any atom is -0.344 e. The van der Waals surface area contributed by atoms with E-state index in [-0.39, 0.29) is 0 Å². The number of hydrogen-bond acceptors (Lipinski definition) is 3. The van der Waals surface area contributed by atoms with Gasteiger partial charge >= 0.3 is 0 Å². The molecule has 0 atom stereocenters. The lowest BCUT2D eigenvalue weighted by atomic mass is 10.1. The molecule has 0 aliphatic rings. The number of nitrogens with one attached hydrogen (secondary N) is 1. The number of anilines is 1. The molecule has 3 rings (SSSR count). The summed E-state index contributed by atoms with van der Waals surface area (Å²) in [6.45, 7) is 6.01. The molecule has 0 unspecified atom stereocenters. The number of rotatable bonds is 6. The van der Waals surface area contributed by atoms with Gasteiger partial charge in [0.1, 0.15) is 0 Å². The predicted molar refractivity (Wildman–Crippen MR) is 115 cm³/mol. The van der Waals surface area contributed by atoms with Crippen molar-refractivity contribution in [3.8, 4) is 0 Å². The Bertz CT molecular complexity index is 808. The minimum atomic E-state index is 0.785. The molecule has 0 amide bonds. The third kappa shape index (κ3) is 5.14. The molecular weight excluding hydrogens is 364 g/mol. The van der Waals surface area contributed by atoms with Gasteiger partial charge in [0.25, 0.3) is 0 Å². The Kier molecular flexibility index (Phi) is 6.24. The first kappa shape index (κ1) is 18.1. The van der Waals surface area contributed by atoms with Crippen molar-refractivity contribution in [2.75, 3.05) is 11.9 Å². The van der Waals surface area contributed by atoms with Crippen molar-refractivity contribution < 1.29 is 0 Å². The second kappa shape index (κ2) is 8.61. The van der Waals surface area contributed by atoms with Gasteiger partial charge in [-0.15, -0.1) is 22.7 Å². The quantitative estimate of drug-likeness (QED) is 0.534. The molecule has 2 aromatic heterocycles. The van der Waals surface area contributed by atoms with Crippen LogP contribution in [0.5, 0.6) is 0 Å². The number of nitrogens with zero attached hydrogens (tertiary/aromatic N) is 1. The Morgan fingerprint density at radius 1 is 1.00 bits per heavy atom. The van der Waals surface area contributed by atoms with E-state index in [2.05, 4.69) is 77.3 Å². The topological polar surface area (TPSA) is 15.3 Å². The minimum absolute atomic E-state index is 0.785. The molecular formula is C20H22N2S3. The molecule has 0 radical (unpaired) electrons. The van der Waals surface area contributed by atoms with Crippen LogP contribution in [-0.2, 0) is 13.0 Å². The van der Waals surface area contributed by atoms with Gasteiger partial charge in [0.05, 0.1) is 6.54 Å². The Balaban J connectivity index is 1.69. The summed E-state index contributed by atoms with van der Waals surface area (Å²) in [6, 6.07) is 14.9. The summed E-state index contributed by atoms with van der Waals surface area (Å²) in [7, 11) is 0. The lowest BCUT2D eigenvalue weighted by Crippen LogP contribution is -2.35. The highest BCUT2D eigenvalue weighted by atomic mass is 32.1. The van der Waals surface area contributed by atoms with E-state index < -0.39 is 0 Å². The van der Waals surface area contributed by atoms with Crippen molar-refractivity contribution in [1.29, 1.82) is 0 Å². The SMILES string of the molecule is Cc1ccc(NC(=S)N(CCc2cccs2)Cc2cccs2)cc1C. The first-order valence-electron chi connectivity index (χ1n) is 8.30. The average molecular weight is 387 g/mol. The molecule has 0 bridgehead atoms. The largest absolute Gasteiger partial charge is 0.344 e. The van der Waals surface area contributed by atoms with Gasteiger partial charge in [-0.25, -0.2) is 0 Å². The summed E-state index contributed by atoms with van der Waals surface area (Å²) in [5.41, 5.74) is 3.63. The Morgan fingerprint density at radius 2 is 1.72 bits per heavy atom. The summed E-state index contributed by atoms with van der Waals surface area (Å²) < 4.78 is 0. The summed E-state index contributed by atoms with van der Waals surface area (Å²) in [6.07, 6.45) is 1.01. The van der Waals surface area contributed by atoms with Crippen LogP contribution in [0.15, 0.2) is 53.2 Å². The second-order valence-corrected chi connectivity index (χ2v) is 8.51. The highest BCUT2D eigenvalue weighted by Gasteiger charge is 2.12. The van der Waals surface area contributed by atoms with Crippen LogP contribution in [0.2, 0.25) is 0 Å². The van der Waals surface area contributed by atoms with Crippen LogP contribution in [0.4, 0.5) is 5.69 Å². The molecule has 0 fully saturated rings. The zero-order valence-electron chi connectivity index (χ0n) is 14.5. The normalized spacial score (nSPS) is 10.6. The Labute approximate surface area is 163 Å². The lowest BCUT2D eigenvalue weighted by molar-refractivity contribution is 0.428. The highest BCUT2D eigenvalue weighted by Crippen LogP contribution is 2.18. The smallest absolute Gasteiger partial charge is 0.173 e. The van der Waals surface area contributed by atoms with Crippen molar-refractivity contribution in [2.45, 2.75) is 26.8 Å². The third-order valence-corrected chi connectivity index (χ3v) is 6.34. The predicted octanol–water partition coefficient (Wildman–Crippen LogP) is 5.87. The van der Waals surface area contributed by atoms with E-state index in [1.54, 1.807) is 22.7 Å². The summed E-state index contributed by atoms with van der Waals surface area (Å²) in [4.78, 5) is 4.98. The van der Waals surface area contributed by atoms with Crippen LogP contribution >= 0.6 is 34.9 Å². The molecule has 1 aromatic carbocycles. The molecule has 0 aliphatic heterocycles. The van der Waals surface area contributed by atoms with E-state index in [1.807, 2.05) is 0 Å². The number of benzene rings is 1. The fraction of sp³-hybridized carbons (Fsp3) is 0.250. The van der Waals surface area contributed by atoms with Crippen LogP contribution < -0.4 is 5.32 Å². The molecule has 0 saturated carbocycles. The van der Waals surface area contributed by atoms with Crippen molar-refractivity contribution >= 4 is 45.7 Å². The number of thiocarbonyl (C=S) groups is 1. The second-order valence-electron chi connectivity index (χ2n) is 6.06. The third-order valence-electron chi connectivity index (χ3n) is 4.18. The van der Waals surface area contributed by atoms with E-state index in [4.69, 9.17) is 12.2 Å². The molecule has 3 aromatic rings. The zero-order chi connectivity index (χ0) is 17.6. The fourth-order valence-electron chi connectivity index (χ4n) is 2.56. The van der Waals surface area contributed by atoms with Gasteiger partial charge in [0.2, 0.25) is 0 Å². The van der Waals surface area contributed by atoms with Crippen LogP contribution in [0.25, 0.3) is 0 Å². The molecule has 130 valence electrons. The van der Waals surface area contributed by atoms with Crippen LogP contribution in [-0.4, -0.2) is 16.6 Å². The molecule has 2 nitrogen and oxygen atoms in total. The number of aryl methyl sites for hydroxylation is 2. The van der Waals surface area contributed by atoms with Gasteiger partial charge in [-0.1, -0.05) is 18.2 Å². The van der Waals surface area contributed by atoms with Crippen molar-refractivity contribution in [2.24, 2.45) is 0 Å². The van der Waals surface area contributed by atoms with Crippen LogP contribution in [0.1, 0.15) is 20.9 Å². The first-order valence-corrected chi connectivity index (χ1v) is 10.5. The summed E-state index contributed by atoms with van der Waals surface area (Å²) >= 11 is 9.30. The number of hydrogen-bond donors (Lipinski definition) is 1. The molecule has 0 aliphatic carbocycles. The molecule has 1 N–H and O–H groups in total. The Hall–Kier alpha value is -1.69. The maximum Gasteiger partial charge on any atom is 0.173 e. The van der Waals surface area contributed by atoms with Crippen LogP contribution in [0, 0.1) is 13.8 Å². The van der Waals surface area contributed by atoms with Crippen LogP contribution in [0.3, 0.4) is 0 Å². The van der Waals surface area contributed by atoms with E-state index in [9.17, 15) is 0 Å². The molecule has 0 saturated heterocycles. The van der Waals surface area contributed by atoms with E-state index in [0.717, 1.165) is 30.3 Å². The van der Waals surface area contributed by atoms with Crippen molar-refractivity contribution in [1.82, 2.24) is 4.90 Å². The molecule has 0 spiro atoms. The highest BCUT2D eigenvalue weighted by molar-refractivity contribution is 7.80. The standard InChI is InChI=1S/C20H22N2S3/c1-15-7-8-17(13-16(15)2)21-20(23)22(14-19-6-4-12-25-19)10-9-18-5-3-11-24-18/h3-8,11-13H,9-10,14H2,1-2H3,(H,21,23). The maximum atomic E-state index is 5.72. The molecule has 25 heavy (non-hydrogen) atoms. The maximum absolute atomic E-state index is 5.72. The molecule has 2 heterocycles. The first-order chi connectivity index (χ1) is 12.1. The monoisotopic (exact) mass is 386 g/mol. The van der Waals surface area contributed by atoms with Gasteiger partial charge in [0, 0.05) is 22.0 Å². The summed E-state index contributed by atoms with van der Waals surface area (Å²) in [5.74, 6) is 0.